The molecule has 0 bridgehead atoms. The summed E-state index contributed by atoms with van der Waals surface area (Å²) < 4.78 is 10.9. The van der Waals surface area contributed by atoms with Crippen molar-refractivity contribution in [2.75, 3.05) is 13.2 Å². The summed E-state index contributed by atoms with van der Waals surface area (Å²) >= 11 is 0. The van der Waals surface area contributed by atoms with Gasteiger partial charge in [-0.15, -0.1) is 0 Å². The molecular weight excluding hydrogens is 304 g/mol. The average Bonchev–Trinajstić information content (AvgIpc) is 2.60. The molecule has 24 heavy (non-hydrogen) atoms. The van der Waals surface area contributed by atoms with Crippen LogP contribution < -0.4 is 4.74 Å². The van der Waals surface area contributed by atoms with Crippen molar-refractivity contribution in [3.05, 3.63) is 71.8 Å². The number of hydrogen-bond acceptors (Lipinski definition) is 3. The van der Waals surface area contributed by atoms with Gasteiger partial charge in [-0.3, -0.25) is 0 Å². The minimum Gasteiger partial charge on any atom is -0.490 e. The Kier molecular flexibility index (Phi) is 7.05. The van der Waals surface area contributed by atoms with Crippen molar-refractivity contribution in [1.29, 1.82) is 0 Å². The van der Waals surface area contributed by atoms with Crippen molar-refractivity contribution in [2.45, 2.75) is 19.4 Å². The van der Waals surface area contributed by atoms with E-state index in [1.54, 1.807) is 6.92 Å². The number of benzene rings is 2. The van der Waals surface area contributed by atoms with Gasteiger partial charge in [-0.25, -0.2) is 4.79 Å². The molecule has 0 spiro atoms. The molecule has 126 valence electrons. The average molecular weight is 326 g/mol. The fourth-order valence-electron chi connectivity index (χ4n) is 2.25. The molecule has 4 heteroatoms. The third-order valence-corrected chi connectivity index (χ3v) is 3.44. The lowest BCUT2D eigenvalue weighted by Crippen LogP contribution is -2.26. The minimum absolute atomic E-state index is 0.345. The molecule has 0 amide bonds. The van der Waals surface area contributed by atoms with Gasteiger partial charge in [-0.05, 0) is 36.3 Å². The zero-order valence-electron chi connectivity index (χ0n) is 13.7. The monoisotopic (exact) mass is 326 g/mol. The van der Waals surface area contributed by atoms with Gasteiger partial charge in [0, 0.05) is 13.0 Å². The van der Waals surface area contributed by atoms with E-state index in [0.717, 1.165) is 16.9 Å². The van der Waals surface area contributed by atoms with Gasteiger partial charge in [0.1, 0.15) is 12.4 Å². The highest BCUT2D eigenvalue weighted by atomic mass is 16.5. The molecule has 2 aromatic rings. The first kappa shape index (κ1) is 17.8. The summed E-state index contributed by atoms with van der Waals surface area (Å²) in [4.78, 5) is 11.1. The molecule has 2 aromatic carbocycles. The maximum atomic E-state index is 11.1. The van der Waals surface area contributed by atoms with E-state index < -0.39 is 12.1 Å². The second-order valence-corrected chi connectivity index (χ2v) is 5.25. The Hall–Kier alpha value is -2.59. The Morgan fingerprint density at radius 3 is 2.46 bits per heavy atom. The van der Waals surface area contributed by atoms with Crippen LogP contribution in [0.1, 0.15) is 18.1 Å². The van der Waals surface area contributed by atoms with Crippen LogP contribution in [0.4, 0.5) is 0 Å². The first-order valence-electron chi connectivity index (χ1n) is 7.96. The Balaban J connectivity index is 1.83. The highest BCUT2D eigenvalue weighted by Crippen LogP contribution is 2.15. The summed E-state index contributed by atoms with van der Waals surface area (Å²) in [6.07, 6.45) is 3.50. The molecule has 4 nitrogen and oxygen atoms in total. The summed E-state index contributed by atoms with van der Waals surface area (Å²) in [7, 11) is 0. The molecule has 0 aliphatic rings. The SMILES string of the molecule is CCOC(Cc1ccc(OC/C=C\c2ccccc2)cc1)C(=O)O. The lowest BCUT2D eigenvalue weighted by Gasteiger charge is -2.12. The summed E-state index contributed by atoms with van der Waals surface area (Å²) in [6.45, 7) is 2.65. The summed E-state index contributed by atoms with van der Waals surface area (Å²) in [5.74, 6) is -0.192. The van der Waals surface area contributed by atoms with Crippen LogP contribution in [-0.2, 0) is 16.0 Å². The number of carboxylic acids is 1. The summed E-state index contributed by atoms with van der Waals surface area (Å²) in [6, 6.07) is 17.4. The standard InChI is InChI=1S/C20H22O4/c1-2-23-19(20(21)22)15-17-10-12-18(13-11-17)24-14-6-9-16-7-4-3-5-8-16/h3-13,19H,2,14-15H2,1H3,(H,21,22)/b9-6-. The minimum atomic E-state index is -0.941. The zero-order valence-corrected chi connectivity index (χ0v) is 13.7. The summed E-state index contributed by atoms with van der Waals surface area (Å²) in [5, 5.41) is 9.10. The fraction of sp³-hybridized carbons (Fsp3) is 0.250. The van der Waals surface area contributed by atoms with E-state index in [9.17, 15) is 4.79 Å². The van der Waals surface area contributed by atoms with Crippen molar-refractivity contribution in [1.82, 2.24) is 0 Å². The van der Waals surface area contributed by atoms with Gasteiger partial charge < -0.3 is 14.6 Å². The van der Waals surface area contributed by atoms with E-state index in [1.165, 1.54) is 0 Å². The van der Waals surface area contributed by atoms with Gasteiger partial charge in [0.05, 0.1) is 0 Å². The summed E-state index contributed by atoms with van der Waals surface area (Å²) in [5.41, 5.74) is 2.04. The third kappa shape index (κ3) is 5.89. The van der Waals surface area contributed by atoms with E-state index in [2.05, 4.69) is 0 Å². The molecule has 0 fully saturated rings. The number of ether oxygens (including phenoxy) is 2. The molecule has 1 N–H and O–H groups in total. The molecule has 2 rings (SSSR count). The second-order valence-electron chi connectivity index (χ2n) is 5.25. The number of hydrogen-bond donors (Lipinski definition) is 1. The molecule has 0 aromatic heterocycles. The first-order chi connectivity index (χ1) is 11.7. The number of rotatable bonds is 9. The largest absolute Gasteiger partial charge is 0.490 e. The molecule has 1 atom stereocenters. The quantitative estimate of drug-likeness (QED) is 0.761. The first-order valence-corrected chi connectivity index (χ1v) is 7.96. The molecule has 0 saturated carbocycles. The van der Waals surface area contributed by atoms with Gasteiger partial charge in [-0.2, -0.15) is 0 Å². The Morgan fingerprint density at radius 1 is 1.12 bits per heavy atom. The van der Waals surface area contributed by atoms with Crippen molar-refractivity contribution in [3.63, 3.8) is 0 Å². The van der Waals surface area contributed by atoms with Gasteiger partial charge in [0.2, 0.25) is 0 Å². The number of carbonyl (C=O) groups is 1. The van der Waals surface area contributed by atoms with E-state index in [1.807, 2.05) is 66.7 Å². The van der Waals surface area contributed by atoms with Gasteiger partial charge in [0.25, 0.3) is 0 Å². The van der Waals surface area contributed by atoms with Gasteiger partial charge in [0.15, 0.2) is 6.10 Å². The maximum Gasteiger partial charge on any atom is 0.333 e. The van der Waals surface area contributed by atoms with E-state index in [4.69, 9.17) is 14.6 Å². The van der Waals surface area contributed by atoms with Crippen LogP contribution in [0, 0.1) is 0 Å². The fourth-order valence-corrected chi connectivity index (χ4v) is 2.25. The smallest absolute Gasteiger partial charge is 0.333 e. The Bertz CT molecular complexity index is 647. The molecule has 0 aliphatic carbocycles. The molecule has 1 unspecified atom stereocenters. The third-order valence-electron chi connectivity index (χ3n) is 3.44. The van der Waals surface area contributed by atoms with Crippen LogP contribution >= 0.6 is 0 Å². The zero-order chi connectivity index (χ0) is 17.2. The van der Waals surface area contributed by atoms with Crippen molar-refractivity contribution in [2.24, 2.45) is 0 Å². The maximum absolute atomic E-state index is 11.1. The topological polar surface area (TPSA) is 55.8 Å². The molecule has 0 heterocycles. The van der Waals surface area contributed by atoms with Crippen LogP contribution in [-0.4, -0.2) is 30.4 Å². The predicted molar refractivity (Wildman–Crippen MR) is 94.2 cm³/mol. The highest BCUT2D eigenvalue weighted by molar-refractivity contribution is 5.72. The Labute approximate surface area is 142 Å². The van der Waals surface area contributed by atoms with Crippen LogP contribution in [0.2, 0.25) is 0 Å². The molecule has 0 radical (unpaired) electrons. The van der Waals surface area contributed by atoms with Gasteiger partial charge >= 0.3 is 5.97 Å². The van der Waals surface area contributed by atoms with Crippen LogP contribution in [0.3, 0.4) is 0 Å². The van der Waals surface area contributed by atoms with Crippen molar-refractivity contribution < 1.29 is 19.4 Å². The second kappa shape index (κ2) is 9.53. The van der Waals surface area contributed by atoms with Gasteiger partial charge in [-0.1, -0.05) is 48.5 Å². The van der Waals surface area contributed by atoms with E-state index in [0.29, 0.717) is 19.6 Å². The van der Waals surface area contributed by atoms with Crippen LogP contribution in [0.5, 0.6) is 5.75 Å². The number of aliphatic carboxylic acids is 1. The Morgan fingerprint density at radius 2 is 1.83 bits per heavy atom. The predicted octanol–water partition coefficient (Wildman–Crippen LogP) is 3.81. The van der Waals surface area contributed by atoms with Crippen LogP contribution in [0.25, 0.3) is 6.08 Å². The molecular formula is C20H22O4. The lowest BCUT2D eigenvalue weighted by molar-refractivity contribution is -0.149. The van der Waals surface area contributed by atoms with Crippen LogP contribution in [0.15, 0.2) is 60.7 Å². The lowest BCUT2D eigenvalue weighted by atomic mass is 10.1. The van der Waals surface area contributed by atoms with E-state index in [-0.39, 0.29) is 0 Å². The number of carboxylic acid groups (broad SMARTS) is 1. The van der Waals surface area contributed by atoms with E-state index >= 15 is 0 Å². The van der Waals surface area contributed by atoms with Crippen molar-refractivity contribution >= 4 is 12.0 Å². The normalized spacial score (nSPS) is 12.2. The molecule has 0 saturated heterocycles. The molecule has 0 aliphatic heterocycles. The van der Waals surface area contributed by atoms with Crippen molar-refractivity contribution in [3.8, 4) is 5.75 Å². The highest BCUT2D eigenvalue weighted by Gasteiger charge is 2.17.